The Morgan fingerprint density at radius 3 is 2.89 bits per heavy atom. The molecule has 5 heteroatoms. The molecule has 4 nitrogen and oxygen atoms in total. The molecule has 0 amide bonds. The molecule has 1 heterocycles. The Morgan fingerprint density at radius 1 is 1.33 bits per heavy atom. The number of aryl methyl sites for hydroxylation is 1. The first-order chi connectivity index (χ1) is 8.69. The molecule has 0 aliphatic rings. The van der Waals surface area contributed by atoms with Gasteiger partial charge in [-0.25, -0.2) is 9.97 Å². The molecule has 94 valence electrons. The molecule has 0 saturated heterocycles. The van der Waals surface area contributed by atoms with Gasteiger partial charge in [-0.2, -0.15) is 0 Å². The van der Waals surface area contributed by atoms with Gasteiger partial charge in [0, 0.05) is 35.0 Å². The highest BCUT2D eigenvalue weighted by Crippen LogP contribution is 2.27. The van der Waals surface area contributed by atoms with Crippen LogP contribution in [-0.2, 0) is 5.75 Å². The maximum absolute atomic E-state index is 5.72. The Bertz CT molecular complexity index is 546. The molecule has 0 unspecified atom stereocenters. The Balaban J connectivity index is 2.10. The number of aromatic nitrogens is 2. The summed E-state index contributed by atoms with van der Waals surface area (Å²) >= 11 is 1.58. The van der Waals surface area contributed by atoms with Crippen LogP contribution in [0.2, 0.25) is 0 Å². The van der Waals surface area contributed by atoms with Gasteiger partial charge in [0.25, 0.3) is 0 Å². The minimum absolute atomic E-state index is 0.701. The van der Waals surface area contributed by atoms with Gasteiger partial charge in [-0.3, -0.25) is 0 Å². The van der Waals surface area contributed by atoms with E-state index < -0.39 is 0 Å². The molecule has 18 heavy (non-hydrogen) atoms. The zero-order valence-corrected chi connectivity index (χ0v) is 11.2. The highest BCUT2D eigenvalue weighted by atomic mass is 32.2. The number of hydrogen-bond donors (Lipinski definition) is 1. The fraction of sp³-hybridized carbons (Fsp3) is 0.231. The minimum atomic E-state index is 0.701. The van der Waals surface area contributed by atoms with Crippen molar-refractivity contribution in [2.45, 2.75) is 17.8 Å². The largest absolute Gasteiger partial charge is 0.496 e. The van der Waals surface area contributed by atoms with E-state index in [2.05, 4.69) is 9.97 Å². The molecule has 0 bridgehead atoms. The molecule has 2 aromatic rings. The maximum atomic E-state index is 5.72. The van der Waals surface area contributed by atoms with Gasteiger partial charge in [-0.05, 0) is 19.1 Å². The van der Waals surface area contributed by atoms with Gasteiger partial charge in [-0.1, -0.05) is 17.8 Å². The lowest BCUT2D eigenvalue weighted by Gasteiger charge is -2.08. The standard InChI is InChI=1S/C13H15N3OS/c1-9-5-6-15-13(16-9)18-8-10-3-4-11(14)7-12(10)17-2/h3-7H,8,14H2,1-2H3. The molecule has 0 radical (unpaired) electrons. The predicted molar refractivity (Wildman–Crippen MR) is 73.7 cm³/mol. The topological polar surface area (TPSA) is 61.0 Å². The summed E-state index contributed by atoms with van der Waals surface area (Å²) in [5, 5.41) is 0.772. The molecule has 0 saturated carbocycles. The number of methoxy groups -OCH3 is 1. The second kappa shape index (κ2) is 5.73. The average Bonchev–Trinajstić information content (AvgIpc) is 2.37. The number of nitrogen functional groups attached to an aromatic ring is 1. The molecular weight excluding hydrogens is 246 g/mol. The summed E-state index contributed by atoms with van der Waals surface area (Å²) in [5.74, 6) is 1.56. The van der Waals surface area contributed by atoms with Crippen LogP contribution in [0.3, 0.4) is 0 Å². The maximum Gasteiger partial charge on any atom is 0.188 e. The number of nitrogens with zero attached hydrogens (tertiary/aromatic N) is 2. The van der Waals surface area contributed by atoms with E-state index in [4.69, 9.17) is 10.5 Å². The summed E-state index contributed by atoms with van der Waals surface area (Å²) in [6.45, 7) is 1.95. The molecule has 2 N–H and O–H groups in total. The Labute approximate surface area is 111 Å². The first kappa shape index (κ1) is 12.7. The third-order valence-corrected chi connectivity index (χ3v) is 3.35. The summed E-state index contributed by atoms with van der Waals surface area (Å²) in [6, 6.07) is 7.55. The van der Waals surface area contributed by atoms with Crippen LogP contribution in [0.15, 0.2) is 35.6 Å². The van der Waals surface area contributed by atoms with Crippen molar-refractivity contribution >= 4 is 17.4 Å². The van der Waals surface area contributed by atoms with Crippen molar-refractivity contribution in [1.82, 2.24) is 9.97 Å². The summed E-state index contributed by atoms with van der Waals surface area (Å²) in [5.41, 5.74) is 8.47. The third kappa shape index (κ3) is 3.13. The molecule has 0 spiro atoms. The van der Waals surface area contributed by atoms with Crippen LogP contribution in [0.4, 0.5) is 5.69 Å². The molecular formula is C13H15N3OS. The van der Waals surface area contributed by atoms with Gasteiger partial charge in [-0.15, -0.1) is 0 Å². The van der Waals surface area contributed by atoms with Gasteiger partial charge in [0.05, 0.1) is 7.11 Å². The van der Waals surface area contributed by atoms with E-state index in [0.29, 0.717) is 5.69 Å². The van der Waals surface area contributed by atoms with Crippen molar-refractivity contribution in [3.8, 4) is 5.75 Å². The molecule has 2 rings (SSSR count). The van der Waals surface area contributed by atoms with Crippen LogP contribution in [0, 0.1) is 6.92 Å². The van der Waals surface area contributed by atoms with Crippen molar-refractivity contribution in [1.29, 1.82) is 0 Å². The van der Waals surface area contributed by atoms with E-state index in [-0.39, 0.29) is 0 Å². The van der Waals surface area contributed by atoms with E-state index in [0.717, 1.165) is 27.9 Å². The third-order valence-electron chi connectivity index (χ3n) is 2.44. The second-order valence-corrected chi connectivity index (χ2v) is 4.78. The molecule has 0 aliphatic carbocycles. The van der Waals surface area contributed by atoms with E-state index in [1.165, 1.54) is 0 Å². The summed E-state index contributed by atoms with van der Waals surface area (Å²) in [6.07, 6.45) is 1.77. The zero-order chi connectivity index (χ0) is 13.0. The summed E-state index contributed by atoms with van der Waals surface area (Å²) in [7, 11) is 1.64. The van der Waals surface area contributed by atoms with Gasteiger partial charge in [0.1, 0.15) is 5.75 Å². The zero-order valence-electron chi connectivity index (χ0n) is 10.4. The number of ether oxygens (including phenoxy) is 1. The SMILES string of the molecule is COc1cc(N)ccc1CSc1nccc(C)n1. The number of nitrogens with two attached hydrogens (primary N) is 1. The normalized spacial score (nSPS) is 10.3. The first-order valence-corrected chi connectivity index (χ1v) is 6.52. The van der Waals surface area contributed by atoms with Crippen LogP contribution in [0.5, 0.6) is 5.75 Å². The lowest BCUT2D eigenvalue weighted by molar-refractivity contribution is 0.411. The van der Waals surface area contributed by atoms with Crippen LogP contribution in [0.1, 0.15) is 11.3 Å². The van der Waals surface area contributed by atoms with Crippen molar-refractivity contribution in [3.05, 3.63) is 41.7 Å². The molecule has 1 aromatic heterocycles. The number of thioether (sulfide) groups is 1. The van der Waals surface area contributed by atoms with Gasteiger partial charge in [0.2, 0.25) is 0 Å². The van der Waals surface area contributed by atoms with Gasteiger partial charge in [0.15, 0.2) is 5.16 Å². The number of benzene rings is 1. The van der Waals surface area contributed by atoms with Crippen LogP contribution in [-0.4, -0.2) is 17.1 Å². The van der Waals surface area contributed by atoms with E-state index in [1.807, 2.05) is 31.2 Å². The lowest BCUT2D eigenvalue weighted by atomic mass is 10.2. The van der Waals surface area contributed by atoms with Crippen molar-refractivity contribution in [3.63, 3.8) is 0 Å². The van der Waals surface area contributed by atoms with E-state index in [1.54, 1.807) is 25.1 Å². The predicted octanol–water partition coefficient (Wildman–Crippen LogP) is 2.67. The van der Waals surface area contributed by atoms with E-state index in [9.17, 15) is 0 Å². The van der Waals surface area contributed by atoms with Gasteiger partial charge < -0.3 is 10.5 Å². The average molecular weight is 261 g/mol. The first-order valence-electron chi connectivity index (χ1n) is 5.54. The Kier molecular flexibility index (Phi) is 4.04. The Morgan fingerprint density at radius 2 is 2.17 bits per heavy atom. The molecule has 0 fully saturated rings. The molecule has 1 aromatic carbocycles. The molecule has 0 atom stereocenters. The summed E-state index contributed by atoms with van der Waals surface area (Å²) in [4.78, 5) is 8.56. The fourth-order valence-corrected chi connectivity index (χ4v) is 2.39. The number of rotatable bonds is 4. The van der Waals surface area contributed by atoms with Gasteiger partial charge >= 0.3 is 0 Å². The second-order valence-electron chi connectivity index (χ2n) is 3.84. The smallest absolute Gasteiger partial charge is 0.188 e. The highest BCUT2D eigenvalue weighted by molar-refractivity contribution is 7.98. The van der Waals surface area contributed by atoms with Crippen LogP contribution >= 0.6 is 11.8 Å². The summed E-state index contributed by atoms with van der Waals surface area (Å²) < 4.78 is 5.30. The number of hydrogen-bond acceptors (Lipinski definition) is 5. The fourth-order valence-electron chi connectivity index (χ4n) is 1.52. The monoisotopic (exact) mass is 261 g/mol. The number of anilines is 1. The Hall–Kier alpha value is -1.75. The highest BCUT2D eigenvalue weighted by Gasteiger charge is 2.05. The van der Waals surface area contributed by atoms with E-state index >= 15 is 0 Å². The van der Waals surface area contributed by atoms with Crippen LogP contribution < -0.4 is 10.5 Å². The van der Waals surface area contributed by atoms with Crippen molar-refractivity contribution in [2.75, 3.05) is 12.8 Å². The van der Waals surface area contributed by atoms with Crippen molar-refractivity contribution < 1.29 is 4.74 Å². The minimum Gasteiger partial charge on any atom is -0.496 e. The quantitative estimate of drug-likeness (QED) is 0.521. The van der Waals surface area contributed by atoms with Crippen molar-refractivity contribution in [2.24, 2.45) is 0 Å². The molecule has 0 aliphatic heterocycles. The van der Waals surface area contributed by atoms with Crippen LogP contribution in [0.25, 0.3) is 0 Å². The lowest BCUT2D eigenvalue weighted by Crippen LogP contribution is -1.94.